The number of benzene rings is 2. The highest BCUT2D eigenvalue weighted by Crippen LogP contribution is 2.36. The third kappa shape index (κ3) is 4.45. The minimum absolute atomic E-state index is 0.0476. The molecule has 0 aromatic heterocycles. The van der Waals surface area contributed by atoms with Crippen molar-refractivity contribution in [2.24, 2.45) is 5.92 Å². The molecule has 1 saturated carbocycles. The van der Waals surface area contributed by atoms with Crippen LogP contribution in [0.4, 0.5) is 17.6 Å². The first-order valence-electron chi connectivity index (χ1n) is 10.6. The highest BCUT2D eigenvalue weighted by atomic mass is 32.2. The van der Waals surface area contributed by atoms with E-state index < -0.39 is 46.7 Å². The number of hydrogen-bond donors (Lipinski definition) is 1. The van der Waals surface area contributed by atoms with E-state index in [1.807, 2.05) is 0 Å². The van der Waals surface area contributed by atoms with Crippen LogP contribution in [-0.2, 0) is 22.2 Å². The van der Waals surface area contributed by atoms with E-state index in [0.29, 0.717) is 0 Å². The van der Waals surface area contributed by atoms with Crippen molar-refractivity contribution in [1.29, 1.82) is 0 Å². The van der Waals surface area contributed by atoms with E-state index in [9.17, 15) is 22.2 Å². The molecule has 0 radical (unpaired) electrons. The lowest BCUT2D eigenvalue weighted by molar-refractivity contribution is -0.133. The second-order valence-electron chi connectivity index (χ2n) is 8.21. The third-order valence-electron chi connectivity index (χ3n) is 6.06. The molecule has 1 aliphatic carbocycles. The predicted molar refractivity (Wildman–Crippen MR) is 114 cm³/mol. The van der Waals surface area contributed by atoms with Gasteiger partial charge in [0, 0.05) is 22.8 Å². The summed E-state index contributed by atoms with van der Waals surface area (Å²) in [5.74, 6) is -3.08. The minimum Gasteiger partial charge on any atom is -0.334 e. The number of carbonyl (C=O) groups is 1. The average molecular weight is 469 g/mol. The van der Waals surface area contributed by atoms with Crippen molar-refractivity contribution in [3.63, 3.8) is 0 Å². The van der Waals surface area contributed by atoms with Gasteiger partial charge in [-0.25, -0.2) is 26.5 Å². The Bertz CT molecular complexity index is 1050. The number of hydrogen-bond acceptors (Lipinski definition) is 2. The Hall–Kier alpha value is -2.26. The van der Waals surface area contributed by atoms with Crippen LogP contribution in [0.15, 0.2) is 36.4 Å². The summed E-state index contributed by atoms with van der Waals surface area (Å²) in [6.45, 7) is 1.53. The molecule has 0 spiro atoms. The van der Waals surface area contributed by atoms with E-state index in [-0.39, 0.29) is 47.2 Å². The van der Waals surface area contributed by atoms with Crippen LogP contribution in [0.5, 0.6) is 0 Å². The first-order valence-corrected chi connectivity index (χ1v) is 11.9. The maximum atomic E-state index is 15.4. The van der Waals surface area contributed by atoms with E-state index in [1.165, 1.54) is 35.2 Å². The number of carbonyl (C=O) groups excluding carboxylic acids is 1. The molecule has 2 aromatic rings. The highest BCUT2D eigenvalue weighted by Gasteiger charge is 2.48. The van der Waals surface area contributed by atoms with Gasteiger partial charge >= 0.3 is 0 Å². The zero-order valence-corrected chi connectivity index (χ0v) is 18.3. The van der Waals surface area contributed by atoms with Crippen LogP contribution in [0, 0.1) is 23.4 Å². The molecule has 1 unspecified atom stereocenters. The summed E-state index contributed by atoms with van der Waals surface area (Å²) in [6.07, 6.45) is -0.0276. The molecule has 2 fully saturated rings. The zero-order chi connectivity index (χ0) is 23.0. The zero-order valence-electron chi connectivity index (χ0n) is 17.5. The van der Waals surface area contributed by atoms with Crippen molar-refractivity contribution in [3.05, 3.63) is 59.4 Å². The Morgan fingerprint density at radius 3 is 2.41 bits per heavy atom. The van der Waals surface area contributed by atoms with E-state index in [1.54, 1.807) is 6.92 Å². The largest absolute Gasteiger partial charge is 0.334 e. The van der Waals surface area contributed by atoms with E-state index in [4.69, 9.17) is 0 Å². The van der Waals surface area contributed by atoms with Crippen molar-refractivity contribution in [3.8, 4) is 11.1 Å². The molecule has 4 rings (SSSR count). The molecule has 4 nitrogen and oxygen atoms in total. The van der Waals surface area contributed by atoms with Gasteiger partial charge in [0.25, 0.3) is 0 Å². The molecule has 1 amide bonds. The van der Waals surface area contributed by atoms with Gasteiger partial charge in [-0.3, -0.25) is 4.79 Å². The average Bonchev–Trinajstić information content (AvgIpc) is 3.58. The Morgan fingerprint density at radius 2 is 1.75 bits per heavy atom. The molecule has 2 aliphatic rings. The second-order valence-corrected chi connectivity index (χ2v) is 9.71. The third-order valence-corrected chi connectivity index (χ3v) is 7.12. The molecule has 0 bridgehead atoms. The van der Waals surface area contributed by atoms with Crippen molar-refractivity contribution < 1.29 is 26.6 Å². The van der Waals surface area contributed by atoms with Crippen LogP contribution in [0.25, 0.3) is 11.1 Å². The quantitative estimate of drug-likeness (QED) is 0.627. The van der Waals surface area contributed by atoms with Gasteiger partial charge in [-0.2, -0.15) is 0 Å². The van der Waals surface area contributed by atoms with Gasteiger partial charge < -0.3 is 4.90 Å². The van der Waals surface area contributed by atoms with Crippen LogP contribution in [0.1, 0.15) is 25.3 Å². The van der Waals surface area contributed by atoms with Crippen molar-refractivity contribution >= 4 is 16.9 Å². The van der Waals surface area contributed by atoms with Crippen LogP contribution < -0.4 is 4.72 Å². The fourth-order valence-corrected chi connectivity index (χ4v) is 4.97. The summed E-state index contributed by atoms with van der Waals surface area (Å²) in [4.78, 5) is 14.2. The summed E-state index contributed by atoms with van der Waals surface area (Å²) in [6, 6.07) is 6.19. The molecular formula is C23H24F4N2O2S. The fourth-order valence-electron chi connectivity index (χ4n) is 4.20. The van der Waals surface area contributed by atoms with Crippen LogP contribution >= 0.6 is 0 Å². The van der Waals surface area contributed by atoms with Crippen molar-refractivity contribution in [2.45, 2.75) is 44.4 Å². The lowest BCUT2D eigenvalue weighted by atomic mass is 9.95. The van der Waals surface area contributed by atoms with Gasteiger partial charge in [-0.05, 0) is 30.9 Å². The maximum absolute atomic E-state index is 15.4. The monoisotopic (exact) mass is 468 g/mol. The van der Waals surface area contributed by atoms with E-state index >= 15 is 4.39 Å². The molecule has 1 saturated heterocycles. The molecule has 172 valence electrons. The summed E-state index contributed by atoms with van der Waals surface area (Å²) < 4.78 is 73.1. The summed E-state index contributed by atoms with van der Waals surface area (Å²) in [5.41, 5.74) is -0.184. The Kier molecular flexibility index (Phi) is 6.67. The number of amides is 1. The van der Waals surface area contributed by atoms with Gasteiger partial charge in [0.2, 0.25) is 5.91 Å². The first-order chi connectivity index (χ1) is 15.3. The highest BCUT2D eigenvalue weighted by molar-refractivity contribution is 7.83. The van der Waals surface area contributed by atoms with Crippen molar-refractivity contribution in [1.82, 2.24) is 9.62 Å². The van der Waals surface area contributed by atoms with Gasteiger partial charge in [0.1, 0.15) is 12.0 Å². The normalized spacial score (nSPS) is 24.0. The van der Waals surface area contributed by atoms with E-state index in [2.05, 4.69) is 4.72 Å². The molecule has 1 heterocycles. The fraction of sp³-hybridized carbons (Fsp3) is 0.435. The van der Waals surface area contributed by atoms with E-state index in [0.717, 1.165) is 18.9 Å². The summed E-state index contributed by atoms with van der Waals surface area (Å²) in [7, 11) is -1.50. The molecule has 9 heteroatoms. The number of nitrogens with zero attached hydrogens (tertiary/aromatic N) is 1. The predicted octanol–water partition coefficient (Wildman–Crippen LogP) is 3.91. The number of alkyl halides is 1. The van der Waals surface area contributed by atoms with Crippen LogP contribution in [0.2, 0.25) is 0 Å². The first kappa shape index (κ1) is 22.9. The molecule has 32 heavy (non-hydrogen) atoms. The van der Waals surface area contributed by atoms with Gasteiger partial charge in [0.05, 0.1) is 29.6 Å². The lowest BCUT2D eigenvalue weighted by Crippen LogP contribution is -2.49. The number of halogens is 4. The van der Waals surface area contributed by atoms with Gasteiger partial charge in [0.15, 0.2) is 11.6 Å². The number of likely N-dealkylation sites (tertiary alicyclic amines) is 1. The Labute approximate surface area is 186 Å². The van der Waals surface area contributed by atoms with Crippen LogP contribution in [-0.4, -0.2) is 45.6 Å². The molecule has 4 atom stereocenters. The number of nitrogens with one attached hydrogen (secondary N) is 1. The standard InChI is InChI=1S/C23H24F4N2O2S/c1-2-32(31)28-22-18(25)12-29(23(30)13-9-10-13)19(22)11-14-5-3-6-15(20(14)26)16-7-4-8-17(24)21(16)27/h3-8,13,18-19,22,28H,2,9-12H2,1H3/t18-,19-,22-,32?/m0/s1. The Balaban J connectivity index is 1.68. The Morgan fingerprint density at radius 1 is 1.09 bits per heavy atom. The molecule has 1 N–H and O–H groups in total. The van der Waals surface area contributed by atoms with Gasteiger partial charge in [-0.1, -0.05) is 37.3 Å². The lowest BCUT2D eigenvalue weighted by Gasteiger charge is -2.29. The maximum Gasteiger partial charge on any atom is 0.226 e. The summed E-state index contributed by atoms with van der Waals surface area (Å²) in [5, 5.41) is 0. The van der Waals surface area contributed by atoms with Crippen molar-refractivity contribution in [2.75, 3.05) is 12.3 Å². The topological polar surface area (TPSA) is 49.4 Å². The van der Waals surface area contributed by atoms with Crippen LogP contribution in [0.3, 0.4) is 0 Å². The molecule has 2 aromatic carbocycles. The SMILES string of the molecule is CCS(=O)N[C@H]1[C@@H](F)CN(C(=O)C2CC2)[C@H]1Cc1cccc(-c2cccc(F)c2F)c1F. The van der Waals surface area contributed by atoms with Gasteiger partial charge in [-0.15, -0.1) is 0 Å². The number of rotatable bonds is 7. The second kappa shape index (κ2) is 9.31. The summed E-state index contributed by atoms with van der Waals surface area (Å²) >= 11 is 0. The molecular weight excluding hydrogens is 444 g/mol. The smallest absolute Gasteiger partial charge is 0.226 e. The minimum atomic E-state index is -1.50. The molecule has 1 aliphatic heterocycles.